The van der Waals surface area contributed by atoms with Crippen LogP contribution in [0.15, 0.2) is 33.9 Å². The Morgan fingerprint density at radius 1 is 1.15 bits per heavy atom. The lowest BCUT2D eigenvalue weighted by molar-refractivity contribution is 0.341. The highest BCUT2D eigenvalue weighted by Gasteiger charge is 2.05. The number of hydrogen-bond donors (Lipinski definition) is 0. The Balaban J connectivity index is 1.69. The number of thioether (sulfide) groups is 2. The van der Waals surface area contributed by atoms with Crippen LogP contribution in [0.4, 0.5) is 0 Å². The predicted molar refractivity (Wildman–Crippen MR) is 80.7 cm³/mol. The number of ether oxygens (including phenoxy) is 2. The first-order valence-electron chi connectivity index (χ1n) is 6.03. The van der Waals surface area contributed by atoms with Crippen molar-refractivity contribution in [1.82, 2.24) is 10.2 Å². The van der Waals surface area contributed by atoms with Gasteiger partial charge < -0.3 is 13.9 Å². The Morgan fingerprint density at radius 2 is 1.90 bits per heavy atom. The van der Waals surface area contributed by atoms with Crippen molar-refractivity contribution in [2.45, 2.75) is 11.0 Å². The van der Waals surface area contributed by atoms with Crippen molar-refractivity contribution in [3.63, 3.8) is 0 Å². The lowest BCUT2D eigenvalue weighted by Crippen LogP contribution is -1.99. The Bertz CT molecular complexity index is 517. The Labute approximate surface area is 126 Å². The number of rotatable bonds is 8. The molecule has 0 atom stereocenters. The van der Waals surface area contributed by atoms with Gasteiger partial charge in [0.2, 0.25) is 5.89 Å². The molecule has 0 amide bonds. The SMILES string of the molecule is COc1ccc(OCCSc2nnc(CSC)o2)cc1. The van der Waals surface area contributed by atoms with Crippen molar-refractivity contribution in [2.24, 2.45) is 0 Å². The first kappa shape index (κ1) is 15.1. The van der Waals surface area contributed by atoms with Crippen LogP contribution in [0.1, 0.15) is 5.89 Å². The number of benzene rings is 1. The first-order chi connectivity index (χ1) is 9.81. The third-order valence-corrected chi connectivity index (χ3v) is 3.67. The maximum Gasteiger partial charge on any atom is 0.276 e. The molecule has 20 heavy (non-hydrogen) atoms. The van der Waals surface area contributed by atoms with E-state index in [-0.39, 0.29) is 0 Å². The fourth-order valence-electron chi connectivity index (χ4n) is 1.44. The molecule has 2 rings (SSSR count). The van der Waals surface area contributed by atoms with Crippen molar-refractivity contribution in [3.05, 3.63) is 30.2 Å². The largest absolute Gasteiger partial charge is 0.497 e. The maximum atomic E-state index is 5.61. The molecule has 5 nitrogen and oxygen atoms in total. The van der Waals surface area contributed by atoms with E-state index >= 15 is 0 Å². The molecule has 7 heteroatoms. The number of hydrogen-bond acceptors (Lipinski definition) is 7. The monoisotopic (exact) mass is 312 g/mol. The van der Waals surface area contributed by atoms with Gasteiger partial charge in [-0.3, -0.25) is 0 Å². The first-order valence-corrected chi connectivity index (χ1v) is 8.40. The molecule has 0 unspecified atom stereocenters. The molecule has 0 saturated heterocycles. The van der Waals surface area contributed by atoms with Gasteiger partial charge in [0.1, 0.15) is 11.5 Å². The van der Waals surface area contributed by atoms with Gasteiger partial charge >= 0.3 is 0 Å². The zero-order valence-electron chi connectivity index (χ0n) is 11.4. The topological polar surface area (TPSA) is 57.4 Å². The van der Waals surface area contributed by atoms with E-state index in [1.165, 1.54) is 11.8 Å². The lowest BCUT2D eigenvalue weighted by atomic mass is 10.3. The van der Waals surface area contributed by atoms with E-state index in [2.05, 4.69) is 10.2 Å². The summed E-state index contributed by atoms with van der Waals surface area (Å²) in [5.74, 6) is 3.80. The summed E-state index contributed by atoms with van der Waals surface area (Å²) >= 11 is 3.15. The van der Waals surface area contributed by atoms with Crippen LogP contribution < -0.4 is 9.47 Å². The second-order valence-electron chi connectivity index (χ2n) is 3.77. The highest BCUT2D eigenvalue weighted by molar-refractivity contribution is 7.99. The molecule has 0 aliphatic carbocycles. The van der Waals surface area contributed by atoms with E-state index in [9.17, 15) is 0 Å². The fraction of sp³-hybridized carbons (Fsp3) is 0.385. The van der Waals surface area contributed by atoms with Gasteiger partial charge in [-0.05, 0) is 30.5 Å². The highest BCUT2D eigenvalue weighted by Crippen LogP contribution is 2.20. The fourth-order valence-corrected chi connectivity index (χ4v) is 2.40. The number of methoxy groups -OCH3 is 1. The van der Waals surface area contributed by atoms with Gasteiger partial charge in [-0.1, -0.05) is 11.8 Å². The van der Waals surface area contributed by atoms with Crippen molar-refractivity contribution in [2.75, 3.05) is 25.7 Å². The Hall–Kier alpha value is -1.34. The average Bonchev–Trinajstić information content (AvgIpc) is 2.92. The molecule has 0 radical (unpaired) electrons. The summed E-state index contributed by atoms with van der Waals surface area (Å²) in [5, 5.41) is 8.50. The molecule has 0 saturated carbocycles. The summed E-state index contributed by atoms with van der Waals surface area (Å²) in [4.78, 5) is 0. The van der Waals surface area contributed by atoms with Crippen LogP contribution in [-0.4, -0.2) is 35.9 Å². The summed E-state index contributed by atoms with van der Waals surface area (Å²) in [6.07, 6.45) is 2.00. The smallest absolute Gasteiger partial charge is 0.276 e. The quantitative estimate of drug-likeness (QED) is 0.548. The van der Waals surface area contributed by atoms with Gasteiger partial charge in [0, 0.05) is 5.75 Å². The minimum Gasteiger partial charge on any atom is -0.497 e. The Morgan fingerprint density at radius 3 is 2.60 bits per heavy atom. The third-order valence-electron chi connectivity index (χ3n) is 2.35. The van der Waals surface area contributed by atoms with Crippen LogP contribution in [0, 0.1) is 0 Å². The standard InChI is InChI=1S/C13H16N2O3S2/c1-16-10-3-5-11(6-4-10)17-7-8-20-13-15-14-12(18-13)9-19-2/h3-6H,7-9H2,1-2H3. The molecule has 1 aromatic carbocycles. The van der Waals surface area contributed by atoms with Gasteiger partial charge in [-0.25, -0.2) is 0 Å². The zero-order chi connectivity index (χ0) is 14.2. The highest BCUT2D eigenvalue weighted by atomic mass is 32.2. The maximum absolute atomic E-state index is 5.61. The van der Waals surface area contributed by atoms with Gasteiger partial charge in [-0.2, -0.15) is 11.8 Å². The van der Waals surface area contributed by atoms with Crippen molar-refractivity contribution >= 4 is 23.5 Å². The summed E-state index contributed by atoms with van der Waals surface area (Å²) in [7, 11) is 1.64. The lowest BCUT2D eigenvalue weighted by Gasteiger charge is -2.05. The van der Waals surface area contributed by atoms with Crippen molar-refractivity contribution in [1.29, 1.82) is 0 Å². The summed E-state index contributed by atoms with van der Waals surface area (Å²) in [6.45, 7) is 0.581. The molecule has 1 aromatic heterocycles. The van der Waals surface area contributed by atoms with Crippen LogP contribution in [0.2, 0.25) is 0 Å². The van der Waals surface area contributed by atoms with E-state index in [1.807, 2.05) is 30.5 Å². The van der Waals surface area contributed by atoms with Crippen LogP contribution in [0.5, 0.6) is 11.5 Å². The number of nitrogens with zero attached hydrogens (tertiary/aromatic N) is 2. The van der Waals surface area contributed by atoms with Gasteiger partial charge in [0.05, 0.1) is 19.5 Å². The van der Waals surface area contributed by atoms with Crippen LogP contribution in [0.3, 0.4) is 0 Å². The van der Waals surface area contributed by atoms with Crippen molar-refractivity contribution < 1.29 is 13.9 Å². The summed E-state index contributed by atoms with van der Waals surface area (Å²) in [6, 6.07) is 7.50. The summed E-state index contributed by atoms with van der Waals surface area (Å²) < 4.78 is 16.2. The molecule has 0 spiro atoms. The van der Waals surface area contributed by atoms with Crippen LogP contribution in [0.25, 0.3) is 0 Å². The normalized spacial score (nSPS) is 10.5. The molecule has 0 bridgehead atoms. The molecule has 108 valence electrons. The molecule has 0 N–H and O–H groups in total. The minimum atomic E-state index is 0.581. The molecule has 1 heterocycles. The van der Waals surface area contributed by atoms with E-state index < -0.39 is 0 Å². The second-order valence-corrected chi connectivity index (χ2v) is 5.68. The average molecular weight is 312 g/mol. The van der Waals surface area contributed by atoms with Crippen LogP contribution in [-0.2, 0) is 5.75 Å². The predicted octanol–water partition coefficient (Wildman–Crippen LogP) is 3.11. The van der Waals surface area contributed by atoms with E-state index in [0.717, 1.165) is 23.0 Å². The van der Waals surface area contributed by atoms with E-state index in [1.54, 1.807) is 18.9 Å². The molecule has 0 aliphatic rings. The third kappa shape index (κ3) is 4.64. The molecular weight excluding hydrogens is 296 g/mol. The molecule has 0 aliphatic heterocycles. The van der Waals surface area contributed by atoms with E-state index in [0.29, 0.717) is 17.7 Å². The second kappa shape index (κ2) is 8.06. The Kier molecular flexibility index (Phi) is 6.07. The zero-order valence-corrected chi connectivity index (χ0v) is 13.0. The van der Waals surface area contributed by atoms with Crippen molar-refractivity contribution in [3.8, 4) is 11.5 Å². The summed E-state index contributed by atoms with van der Waals surface area (Å²) in [5.41, 5.74) is 0. The minimum absolute atomic E-state index is 0.581. The van der Waals surface area contributed by atoms with Gasteiger partial charge in [0.25, 0.3) is 5.22 Å². The van der Waals surface area contributed by atoms with E-state index in [4.69, 9.17) is 13.9 Å². The number of aromatic nitrogens is 2. The van der Waals surface area contributed by atoms with Gasteiger partial charge in [-0.15, -0.1) is 10.2 Å². The molecule has 0 fully saturated rings. The van der Waals surface area contributed by atoms with Crippen LogP contribution >= 0.6 is 23.5 Å². The molecular formula is C13H16N2O3S2. The molecule has 2 aromatic rings. The van der Waals surface area contributed by atoms with Gasteiger partial charge in [0.15, 0.2) is 0 Å².